The lowest BCUT2D eigenvalue weighted by molar-refractivity contribution is -0.185. The first-order chi connectivity index (χ1) is 54.2. The molecule has 594 valence electrons. The van der Waals surface area contributed by atoms with Gasteiger partial charge in [0, 0.05) is 113 Å². The molecule has 13 rings (SSSR count). The van der Waals surface area contributed by atoms with Crippen LogP contribution in [0, 0.1) is 124 Å². The molecule has 0 amide bonds. The molecule has 114 heavy (non-hydrogen) atoms. The summed E-state index contributed by atoms with van der Waals surface area (Å²) in [6, 6.07) is 13.9. The lowest BCUT2D eigenvalue weighted by Gasteiger charge is -2.42. The van der Waals surface area contributed by atoms with Gasteiger partial charge in [0.1, 0.15) is 128 Å². The molecule has 4 saturated carbocycles. The third kappa shape index (κ3) is 17.9. The number of halogens is 5. The zero-order valence-electron chi connectivity index (χ0n) is 65.8. The fourth-order valence-corrected chi connectivity index (χ4v) is 16.5. The zero-order valence-corrected chi connectivity index (χ0v) is 65.8. The van der Waals surface area contributed by atoms with Gasteiger partial charge in [-0.3, -0.25) is 47.9 Å². The lowest BCUT2D eigenvalue weighted by atomic mass is 9.64. The molecule has 4 aliphatic carbocycles. The summed E-state index contributed by atoms with van der Waals surface area (Å²) < 4.78 is 116. The molecule has 5 aromatic carbocycles. The number of terminal acetylenes is 1. The van der Waals surface area contributed by atoms with Crippen molar-refractivity contribution in [2.75, 3.05) is 48.8 Å². The predicted octanol–water partition coefficient (Wildman–Crippen LogP) is 13.0. The Morgan fingerprint density at radius 1 is 0.412 bits per heavy atom. The Morgan fingerprint density at radius 2 is 0.719 bits per heavy atom. The number of Topliss-reactive ketones (excluding diaryl/α,β-unsaturated/α-hetero) is 10. The van der Waals surface area contributed by atoms with Crippen LogP contribution >= 0.6 is 0 Å². The van der Waals surface area contributed by atoms with Crippen LogP contribution in [0.2, 0.25) is 0 Å². The Kier molecular flexibility index (Phi) is 27.9. The summed E-state index contributed by atoms with van der Waals surface area (Å²) in [7, 11) is 6.92. The number of hydrogen-bond donors (Lipinski definition) is 0. The number of hydrogen-bond acceptors (Lipinski definition) is 18. The average Bonchev–Trinajstić information content (AvgIpc) is 1.42. The molecule has 8 fully saturated rings. The van der Waals surface area contributed by atoms with E-state index in [0.29, 0.717) is 53.9 Å². The topological polar surface area (TPSA) is 245 Å². The molecule has 1 spiro atoms. The molecular formula is C91H87F5O18. The van der Waals surface area contributed by atoms with Gasteiger partial charge < -0.3 is 37.9 Å². The predicted molar refractivity (Wildman–Crippen MR) is 408 cm³/mol. The molecule has 7 atom stereocenters. The number of rotatable bonds is 11. The van der Waals surface area contributed by atoms with E-state index in [0.717, 1.165) is 12.8 Å². The van der Waals surface area contributed by atoms with Crippen molar-refractivity contribution >= 4 is 57.8 Å². The number of carbonyl (C=O) groups excluding carboxylic acids is 10. The molecule has 18 nitrogen and oxygen atoms in total. The highest BCUT2D eigenvalue weighted by atomic mass is 19.1. The highest BCUT2D eigenvalue weighted by Crippen LogP contribution is 2.54. The highest BCUT2D eigenvalue weighted by molar-refractivity contribution is 6.18. The Labute approximate surface area is 659 Å². The number of benzene rings is 5. The molecule has 23 heteroatoms. The van der Waals surface area contributed by atoms with Gasteiger partial charge in [0.25, 0.3) is 0 Å². The van der Waals surface area contributed by atoms with Gasteiger partial charge in [-0.1, -0.05) is 29.6 Å². The monoisotopic (exact) mass is 1560 g/mol. The number of fused-ring (bicyclic) bond motifs is 5. The van der Waals surface area contributed by atoms with Gasteiger partial charge in [-0.05, 0) is 154 Å². The summed E-state index contributed by atoms with van der Waals surface area (Å²) in [5.74, 6) is 17.1. The third-order valence-corrected chi connectivity index (χ3v) is 21.4. The van der Waals surface area contributed by atoms with Gasteiger partial charge >= 0.3 is 0 Å². The SMILES string of the molecule is C#CCC1CC(=O)C(c2c(F)cc(C#CC)cc2OC)C1=O.CC#Cc1cc(F)c(C2C(=O)C(C)(C)OC(C)(C)C2=O)c(OC)c1.CC#Cc1cc(F)c(C2C(=O)C3C(C2=O)[C@H]2CC[C@@H]3O2)c(OC)c1.CC#Cc1cc(F)c(C2C(=O)CC3(CCOCC3)CC2=O)c(OC)c1.CC#Cc1cc(F)c(C2C(=O)CCC2=O)c(OC)c1. The summed E-state index contributed by atoms with van der Waals surface area (Å²) in [6.45, 7) is 15.7. The van der Waals surface area contributed by atoms with Crippen molar-refractivity contribution in [2.45, 2.75) is 180 Å². The maximum absolute atomic E-state index is 14.8. The van der Waals surface area contributed by atoms with Gasteiger partial charge in [0.15, 0.2) is 28.9 Å². The second-order valence-electron chi connectivity index (χ2n) is 29.4. The van der Waals surface area contributed by atoms with E-state index in [4.69, 9.17) is 44.3 Å². The highest BCUT2D eigenvalue weighted by Gasteiger charge is 2.64. The van der Waals surface area contributed by atoms with Gasteiger partial charge in [-0.15, -0.1) is 41.9 Å². The molecule has 5 unspecified atom stereocenters. The van der Waals surface area contributed by atoms with E-state index in [1.807, 2.05) is 0 Å². The first kappa shape index (κ1) is 86.7. The minimum Gasteiger partial charge on any atom is -0.496 e. The van der Waals surface area contributed by atoms with Crippen molar-refractivity contribution in [3.8, 4) is 100 Å². The Hall–Kier alpha value is -11.3. The molecule has 0 N–H and O–H groups in total. The van der Waals surface area contributed by atoms with Gasteiger partial charge in [0.05, 0.1) is 59.6 Å². The smallest absolute Gasteiger partial charge is 0.179 e. The number of ketones is 10. The summed E-state index contributed by atoms with van der Waals surface area (Å²) >= 11 is 0. The van der Waals surface area contributed by atoms with E-state index in [9.17, 15) is 69.9 Å². The van der Waals surface area contributed by atoms with Gasteiger partial charge in [-0.25, -0.2) is 22.0 Å². The number of carbonyl (C=O) groups is 10. The number of ether oxygens (including phenoxy) is 8. The first-order valence-corrected chi connectivity index (χ1v) is 36.9. The van der Waals surface area contributed by atoms with E-state index in [2.05, 4.69) is 65.1 Å². The summed E-state index contributed by atoms with van der Waals surface area (Å²) in [5.41, 5.74) is -0.464. The minimum atomic E-state index is -1.28. The van der Waals surface area contributed by atoms with Crippen molar-refractivity contribution in [2.24, 2.45) is 23.2 Å². The maximum atomic E-state index is 14.8. The number of methoxy groups -OCH3 is 5. The van der Waals surface area contributed by atoms with Gasteiger partial charge in [0.2, 0.25) is 0 Å². The van der Waals surface area contributed by atoms with Crippen molar-refractivity contribution in [1.82, 2.24) is 0 Å². The molecule has 4 aliphatic heterocycles. The van der Waals surface area contributed by atoms with Crippen LogP contribution in [-0.2, 0) is 62.2 Å². The summed E-state index contributed by atoms with van der Waals surface area (Å²) in [4.78, 5) is 125. The molecule has 4 saturated heterocycles. The van der Waals surface area contributed by atoms with Crippen LogP contribution in [0.25, 0.3) is 0 Å². The fourth-order valence-electron chi connectivity index (χ4n) is 16.5. The zero-order chi connectivity index (χ0) is 83.6. The molecule has 4 heterocycles. The van der Waals surface area contributed by atoms with Crippen LogP contribution in [-0.4, -0.2) is 130 Å². The van der Waals surface area contributed by atoms with Crippen LogP contribution < -0.4 is 23.7 Å². The summed E-state index contributed by atoms with van der Waals surface area (Å²) in [6.07, 6.45) is 8.94. The Balaban J connectivity index is 0.000000164. The Bertz CT molecular complexity index is 5060. The summed E-state index contributed by atoms with van der Waals surface area (Å²) in [5, 5.41) is 0. The Morgan fingerprint density at radius 3 is 1.04 bits per heavy atom. The van der Waals surface area contributed by atoms with Crippen LogP contribution in [0.15, 0.2) is 60.7 Å². The van der Waals surface area contributed by atoms with E-state index < -0.39 is 99.2 Å². The van der Waals surface area contributed by atoms with Crippen molar-refractivity contribution < 1.29 is 108 Å². The minimum absolute atomic E-state index is 0.0151. The average molecular weight is 1560 g/mol. The van der Waals surface area contributed by atoms with E-state index in [1.165, 1.54) is 78.0 Å². The van der Waals surface area contributed by atoms with Crippen LogP contribution in [0.4, 0.5) is 22.0 Å². The van der Waals surface area contributed by atoms with Crippen LogP contribution in [0.1, 0.15) is 212 Å². The quantitative estimate of drug-likeness (QED) is 0.0677. The third-order valence-electron chi connectivity index (χ3n) is 21.4. The van der Waals surface area contributed by atoms with Crippen molar-refractivity contribution in [3.63, 3.8) is 0 Å². The molecule has 0 radical (unpaired) electrons. The van der Waals surface area contributed by atoms with Crippen LogP contribution in [0.3, 0.4) is 0 Å². The second kappa shape index (κ2) is 36.7. The standard InChI is InChI=1S/C20H21FO4.C19H17FO4.C19H21FO4.C18H15FO3.C15H13FO3/c1-3-4-13-9-14(21)18(17(10-13)24-2)19-15(22)11-20(12-16(19)23)5-7-25-8-6-20;1-3-4-9-7-10(20)14(13(8-9)23-2)17-18(21)15-11-5-6-12(24-11)16(15)19(17)22;1-7-8-11-9-12(20)14(13(10-11)23-6)15-16(21)18(2,3)24-19(4,5)17(15)22;1-4-6-11-8-13(19)16(15(9-11)22-3)17-14(20)10-12(7-5-2)18(17)21;1-3-4-9-7-10(16)14(13(8-9)19-2)15-11(17)5-6-12(15)18/h9-10,19H,5-8,11-12H2,1-2H3;7-8,11-12,15-17H,5-6H2,1-2H3;9-10,15H,1-6H3;2,8-9,12,17H,7,10H2,1,3H3;7-8,15H,5-6H2,1-2H3/t;11-,12+,15?,16?,17?;;;. The molecular weight excluding hydrogens is 1480 g/mol. The lowest BCUT2D eigenvalue weighted by Crippen LogP contribution is -2.58. The van der Waals surface area contributed by atoms with Crippen LogP contribution in [0.5, 0.6) is 28.7 Å². The first-order valence-electron chi connectivity index (χ1n) is 36.9. The van der Waals surface area contributed by atoms with Crippen molar-refractivity contribution in [3.05, 3.63) is 145 Å². The van der Waals surface area contributed by atoms with E-state index in [1.54, 1.807) is 80.5 Å². The normalized spacial score (nSPS) is 22.1. The maximum Gasteiger partial charge on any atom is 0.179 e. The largest absolute Gasteiger partial charge is 0.496 e. The fraction of sp³-hybridized carbons (Fsp3) is 0.429. The van der Waals surface area contributed by atoms with Gasteiger partial charge in [-0.2, -0.15) is 0 Å². The molecule has 5 aromatic rings. The molecule has 2 bridgehead atoms. The van der Waals surface area contributed by atoms with Crippen molar-refractivity contribution in [1.29, 1.82) is 0 Å². The molecule has 0 aromatic heterocycles. The van der Waals surface area contributed by atoms with E-state index >= 15 is 0 Å². The molecule has 8 aliphatic rings. The second-order valence-corrected chi connectivity index (χ2v) is 29.4. The van der Waals surface area contributed by atoms with E-state index in [-0.39, 0.29) is 159 Å².